The molecule has 2 bridgehead atoms. The molecule has 8 rings (SSSR count). The molecule has 0 spiro atoms. The fourth-order valence-corrected chi connectivity index (χ4v) is 6.95. The largest absolute Gasteiger partial charge is 0.304 e. The minimum atomic E-state index is -2.78. The highest BCUT2D eigenvalue weighted by Crippen LogP contribution is 2.57. The first-order valence-corrected chi connectivity index (χ1v) is 15.4. The van der Waals surface area contributed by atoms with Crippen LogP contribution in [0.1, 0.15) is 53.4 Å². The van der Waals surface area contributed by atoms with Gasteiger partial charge in [-0.1, -0.05) is 103 Å². The molecule has 3 aliphatic rings. The zero-order valence-corrected chi connectivity index (χ0v) is 26.0. The summed E-state index contributed by atoms with van der Waals surface area (Å²) in [5.74, 6) is 0.363. The number of alkyl halides is 6. The summed E-state index contributed by atoms with van der Waals surface area (Å²) in [6.45, 7) is 3.14. The maximum atomic E-state index is 13.5. The minimum Gasteiger partial charge on any atom is -0.194 e. The first-order valence-electron chi connectivity index (χ1n) is 13.8. The summed E-state index contributed by atoms with van der Waals surface area (Å²) in [4.78, 5) is -5.53. The Labute approximate surface area is 260 Å². The van der Waals surface area contributed by atoms with Crippen LogP contribution in [0.3, 0.4) is 0 Å². The molecule has 0 heterocycles. The predicted octanol–water partition coefficient (Wildman–Crippen LogP) is 12.2. The molecular weight excluding hydrogens is 668 g/mol. The van der Waals surface area contributed by atoms with E-state index in [9.17, 15) is 17.6 Å². The number of hydrogen-bond acceptors (Lipinski definition) is 0. The van der Waals surface area contributed by atoms with Gasteiger partial charge in [0.1, 0.15) is 0 Å². The standard InChI is InChI=1S/C18H15BrF2.C14H10.C4H5BrF2/c19-18(20,21)10-11-9-16-12-5-1-3-7-14(12)17(11)15-8-4-2-6-13(15)16;1-2-6-12-10-14-8-4-3-7-13(14)9-11(12)5-1;1-2-3-4(5,6)7/h1-8,11,16-17H,9-10H2;1-10H;2H,1,3H2. The highest BCUT2D eigenvalue weighted by Gasteiger charge is 2.45. The highest BCUT2D eigenvalue weighted by atomic mass is 79.9. The number of benzene rings is 5. The predicted molar refractivity (Wildman–Crippen MR) is 173 cm³/mol. The summed E-state index contributed by atoms with van der Waals surface area (Å²) in [6.07, 6.45) is 1.57. The molecule has 0 aromatic heterocycles. The van der Waals surface area contributed by atoms with Crippen LogP contribution in [0.4, 0.5) is 17.6 Å². The summed E-state index contributed by atoms with van der Waals surface area (Å²) in [6, 6.07) is 38.1. The van der Waals surface area contributed by atoms with Gasteiger partial charge in [0.05, 0.1) is 0 Å². The third-order valence-electron chi connectivity index (χ3n) is 7.91. The molecule has 3 aliphatic carbocycles. The summed E-state index contributed by atoms with van der Waals surface area (Å²) in [5.41, 5.74) is 5.15. The lowest BCUT2D eigenvalue weighted by Crippen LogP contribution is -2.34. The molecule has 0 N–H and O–H groups in total. The maximum Gasteiger partial charge on any atom is 0.304 e. The van der Waals surface area contributed by atoms with Crippen molar-refractivity contribution in [1.82, 2.24) is 0 Å². The smallest absolute Gasteiger partial charge is 0.194 e. The van der Waals surface area contributed by atoms with E-state index in [0.29, 0.717) is 0 Å². The van der Waals surface area contributed by atoms with E-state index in [0.717, 1.165) is 12.5 Å². The SMILES string of the molecule is C=CCC(F)(F)Br.FC(F)(Br)CC1CC2c3ccccc3C1c1ccccc12.c1ccc2cc3ccccc3cc2c1. The van der Waals surface area contributed by atoms with E-state index >= 15 is 0 Å². The van der Waals surface area contributed by atoms with E-state index < -0.39 is 9.66 Å². The Hall–Kier alpha value is -2.96. The lowest BCUT2D eigenvalue weighted by molar-refractivity contribution is 0.0727. The van der Waals surface area contributed by atoms with Crippen LogP contribution in [0, 0.1) is 5.92 Å². The average molecular weight is 698 g/mol. The maximum absolute atomic E-state index is 13.5. The third-order valence-corrected chi connectivity index (χ3v) is 8.55. The van der Waals surface area contributed by atoms with Gasteiger partial charge in [0.25, 0.3) is 0 Å². The van der Waals surface area contributed by atoms with Crippen LogP contribution < -0.4 is 0 Å². The first kappa shape index (κ1) is 30.5. The molecule has 0 fully saturated rings. The quantitative estimate of drug-likeness (QED) is 0.0759. The summed E-state index contributed by atoms with van der Waals surface area (Å²) < 4.78 is 50.1. The molecule has 0 saturated heterocycles. The molecule has 0 aliphatic heterocycles. The first-order chi connectivity index (χ1) is 20.0. The van der Waals surface area contributed by atoms with Gasteiger partial charge in [-0.05, 0) is 100 Å². The fraction of sp³-hybridized carbons (Fsp3) is 0.222. The molecule has 0 amide bonds. The van der Waals surface area contributed by atoms with Crippen molar-refractivity contribution in [3.05, 3.63) is 144 Å². The molecule has 0 nitrogen and oxygen atoms in total. The summed E-state index contributed by atoms with van der Waals surface area (Å²) >= 11 is 4.67. The van der Waals surface area contributed by atoms with Gasteiger partial charge in [-0.25, -0.2) is 0 Å². The third kappa shape index (κ3) is 7.15. The molecule has 0 radical (unpaired) electrons. The average Bonchev–Trinajstić information content (AvgIpc) is 2.95. The van der Waals surface area contributed by atoms with Gasteiger partial charge < -0.3 is 0 Å². The van der Waals surface area contributed by atoms with E-state index in [1.165, 1.54) is 43.8 Å². The molecule has 6 heteroatoms. The summed E-state index contributed by atoms with van der Waals surface area (Å²) in [5, 5.41) is 5.25. The van der Waals surface area contributed by atoms with Crippen LogP contribution in [0.5, 0.6) is 0 Å². The van der Waals surface area contributed by atoms with Gasteiger partial charge >= 0.3 is 9.66 Å². The Morgan fingerprint density at radius 1 is 0.619 bits per heavy atom. The second-order valence-corrected chi connectivity index (χ2v) is 13.1. The van der Waals surface area contributed by atoms with Crippen molar-refractivity contribution in [3.63, 3.8) is 0 Å². The van der Waals surface area contributed by atoms with E-state index in [-0.39, 0.29) is 30.6 Å². The highest BCUT2D eigenvalue weighted by molar-refractivity contribution is 9.10. The number of fused-ring (bicyclic) bond motifs is 3. The van der Waals surface area contributed by atoms with E-state index in [1.807, 2.05) is 12.1 Å². The Balaban J connectivity index is 0.000000145. The second-order valence-electron chi connectivity index (χ2n) is 10.8. The zero-order valence-electron chi connectivity index (χ0n) is 22.8. The molecule has 5 aromatic carbocycles. The van der Waals surface area contributed by atoms with Crippen molar-refractivity contribution in [3.8, 4) is 0 Å². The van der Waals surface area contributed by atoms with Crippen molar-refractivity contribution in [1.29, 1.82) is 0 Å². The number of hydrogen-bond donors (Lipinski definition) is 0. The molecule has 1 unspecified atom stereocenters. The zero-order chi connectivity index (χ0) is 29.9. The van der Waals surface area contributed by atoms with Crippen LogP contribution in [-0.2, 0) is 0 Å². The van der Waals surface area contributed by atoms with Gasteiger partial charge in [0.15, 0.2) is 0 Å². The molecule has 42 heavy (non-hydrogen) atoms. The topological polar surface area (TPSA) is 0 Å². The number of allylic oxidation sites excluding steroid dienone is 1. The van der Waals surface area contributed by atoms with Gasteiger partial charge in [0.2, 0.25) is 0 Å². The molecule has 0 saturated carbocycles. The van der Waals surface area contributed by atoms with Gasteiger partial charge in [-0.2, -0.15) is 17.6 Å². The van der Waals surface area contributed by atoms with E-state index in [4.69, 9.17) is 0 Å². The minimum absolute atomic E-state index is 0.00539. The van der Waals surface area contributed by atoms with Crippen molar-refractivity contribution >= 4 is 53.4 Å². The Morgan fingerprint density at radius 2 is 1.00 bits per heavy atom. The van der Waals surface area contributed by atoms with E-state index in [2.05, 4.69) is 136 Å². The normalized spacial score (nSPS) is 18.7. The molecule has 1 atom stereocenters. The molecule has 216 valence electrons. The van der Waals surface area contributed by atoms with E-state index in [1.54, 1.807) is 0 Å². The van der Waals surface area contributed by atoms with Crippen LogP contribution in [0.15, 0.2) is 122 Å². The number of rotatable bonds is 4. The van der Waals surface area contributed by atoms with Crippen molar-refractivity contribution in [2.24, 2.45) is 5.92 Å². The summed E-state index contributed by atoms with van der Waals surface area (Å²) in [7, 11) is 0. The van der Waals surface area contributed by atoms with Gasteiger partial charge in [-0.15, -0.1) is 6.58 Å². The van der Waals surface area contributed by atoms with Crippen molar-refractivity contribution in [2.75, 3.05) is 0 Å². The van der Waals surface area contributed by atoms with Crippen LogP contribution in [-0.4, -0.2) is 9.66 Å². The Kier molecular flexibility index (Phi) is 9.24. The van der Waals surface area contributed by atoms with Crippen LogP contribution >= 0.6 is 31.9 Å². The molecular formula is C36H30Br2F4. The van der Waals surface area contributed by atoms with Gasteiger partial charge in [0, 0.05) is 24.7 Å². The fourth-order valence-electron chi connectivity index (χ4n) is 6.30. The number of halogens is 6. The monoisotopic (exact) mass is 696 g/mol. The lowest BCUT2D eigenvalue weighted by atomic mass is 9.58. The van der Waals surface area contributed by atoms with Crippen LogP contribution in [0.25, 0.3) is 21.5 Å². The lowest BCUT2D eigenvalue weighted by Gasteiger charge is -2.46. The van der Waals surface area contributed by atoms with Crippen molar-refractivity contribution in [2.45, 2.75) is 40.8 Å². The second kappa shape index (κ2) is 12.7. The van der Waals surface area contributed by atoms with Crippen molar-refractivity contribution < 1.29 is 17.6 Å². The van der Waals surface area contributed by atoms with Gasteiger partial charge in [-0.3, -0.25) is 0 Å². The van der Waals surface area contributed by atoms with Crippen LogP contribution in [0.2, 0.25) is 0 Å². The molecule has 5 aromatic rings. The Morgan fingerprint density at radius 3 is 1.33 bits per heavy atom. The Bertz CT molecular complexity index is 1530.